The molecule has 0 unspecified atom stereocenters. The van der Waals surface area contributed by atoms with Gasteiger partial charge < -0.3 is 14.6 Å². The van der Waals surface area contributed by atoms with E-state index in [-0.39, 0.29) is 31.4 Å². The third kappa shape index (κ3) is 3.45. The summed E-state index contributed by atoms with van der Waals surface area (Å²) in [5.74, 6) is -0.603. The Hall–Kier alpha value is -1.68. The van der Waals surface area contributed by atoms with Crippen LogP contribution in [0.3, 0.4) is 0 Å². The van der Waals surface area contributed by atoms with E-state index in [2.05, 4.69) is 20.2 Å². The highest BCUT2D eigenvalue weighted by Gasteiger charge is 2.43. The van der Waals surface area contributed by atoms with Crippen LogP contribution in [0.15, 0.2) is 4.52 Å². The zero-order chi connectivity index (χ0) is 14.8. The highest BCUT2D eigenvalue weighted by atomic mass is 19.4. The summed E-state index contributed by atoms with van der Waals surface area (Å²) in [6.07, 6.45) is -6.22. The van der Waals surface area contributed by atoms with Crippen molar-refractivity contribution in [2.75, 3.05) is 26.7 Å². The van der Waals surface area contributed by atoms with E-state index in [4.69, 9.17) is 4.52 Å². The van der Waals surface area contributed by atoms with Crippen LogP contribution < -0.4 is 5.32 Å². The van der Waals surface area contributed by atoms with E-state index in [0.717, 1.165) is 0 Å². The molecule has 1 aromatic heterocycles. The molecule has 0 radical (unpaired) electrons. The number of halogens is 3. The monoisotopic (exact) mass is 294 g/mol. The minimum atomic E-state index is -4.40. The Morgan fingerprint density at radius 2 is 2.30 bits per heavy atom. The fourth-order valence-electron chi connectivity index (χ4n) is 1.76. The van der Waals surface area contributed by atoms with E-state index >= 15 is 0 Å². The molecule has 1 saturated heterocycles. The lowest BCUT2D eigenvalue weighted by Crippen LogP contribution is -2.48. The molecule has 1 amide bonds. The van der Waals surface area contributed by atoms with E-state index < -0.39 is 18.2 Å². The van der Waals surface area contributed by atoms with Gasteiger partial charge in [0.25, 0.3) is 0 Å². The Morgan fingerprint density at radius 3 is 2.95 bits per heavy atom. The molecule has 0 bridgehead atoms. The van der Waals surface area contributed by atoms with Crippen LogP contribution in [0.25, 0.3) is 0 Å². The average Bonchev–Trinajstić information content (AvgIpc) is 2.85. The standard InChI is InChI=1S/C10H13F3N4O3/c1-14-8(18)9-15-7(16-20-9)5-17-2-3-19-6(4-17)10(11,12)13/h6H,2-5H2,1H3,(H,14,18)/t6-/m0/s1. The van der Waals surface area contributed by atoms with Gasteiger partial charge in [-0.3, -0.25) is 9.69 Å². The molecule has 0 aromatic carbocycles. The average molecular weight is 294 g/mol. The second kappa shape index (κ2) is 5.75. The van der Waals surface area contributed by atoms with Gasteiger partial charge in [-0.2, -0.15) is 18.2 Å². The van der Waals surface area contributed by atoms with Gasteiger partial charge in [-0.05, 0) is 0 Å². The molecule has 1 aromatic rings. The fraction of sp³-hybridized carbons (Fsp3) is 0.700. The minimum Gasteiger partial charge on any atom is -0.366 e. The van der Waals surface area contributed by atoms with Gasteiger partial charge in [-0.1, -0.05) is 5.16 Å². The summed E-state index contributed by atoms with van der Waals surface area (Å²) in [4.78, 5) is 16.5. The van der Waals surface area contributed by atoms with E-state index in [0.29, 0.717) is 6.54 Å². The molecule has 1 aliphatic heterocycles. The largest absolute Gasteiger partial charge is 0.415 e. The van der Waals surface area contributed by atoms with Gasteiger partial charge in [0.1, 0.15) is 0 Å². The lowest BCUT2D eigenvalue weighted by Gasteiger charge is -2.32. The first-order chi connectivity index (χ1) is 9.40. The molecule has 0 saturated carbocycles. The number of ether oxygens (including phenoxy) is 1. The van der Waals surface area contributed by atoms with Crippen molar-refractivity contribution >= 4 is 5.91 Å². The number of carbonyl (C=O) groups excluding carboxylic acids is 1. The molecule has 1 aliphatic rings. The van der Waals surface area contributed by atoms with Gasteiger partial charge in [0.15, 0.2) is 11.9 Å². The number of nitrogens with zero attached hydrogens (tertiary/aromatic N) is 3. The van der Waals surface area contributed by atoms with E-state index in [9.17, 15) is 18.0 Å². The molecule has 112 valence electrons. The maximum Gasteiger partial charge on any atom is 0.415 e. The molecule has 20 heavy (non-hydrogen) atoms. The topological polar surface area (TPSA) is 80.5 Å². The van der Waals surface area contributed by atoms with Crippen molar-refractivity contribution in [1.82, 2.24) is 20.4 Å². The summed E-state index contributed by atoms with van der Waals surface area (Å²) in [6, 6.07) is 0. The molecule has 2 rings (SSSR count). The number of hydrogen-bond acceptors (Lipinski definition) is 6. The molecule has 0 spiro atoms. The number of amides is 1. The van der Waals surface area contributed by atoms with Crippen molar-refractivity contribution in [2.45, 2.75) is 18.8 Å². The lowest BCUT2D eigenvalue weighted by molar-refractivity contribution is -0.237. The van der Waals surface area contributed by atoms with Crippen molar-refractivity contribution in [2.24, 2.45) is 0 Å². The molecule has 1 atom stereocenters. The lowest BCUT2D eigenvalue weighted by atomic mass is 10.2. The van der Waals surface area contributed by atoms with Gasteiger partial charge >= 0.3 is 18.0 Å². The Kier molecular flexibility index (Phi) is 4.23. The van der Waals surface area contributed by atoms with Gasteiger partial charge in [-0.15, -0.1) is 0 Å². The number of rotatable bonds is 3. The van der Waals surface area contributed by atoms with Crippen LogP contribution in [0.1, 0.15) is 16.5 Å². The van der Waals surface area contributed by atoms with Crippen molar-refractivity contribution in [1.29, 1.82) is 0 Å². The first-order valence-corrected chi connectivity index (χ1v) is 5.85. The van der Waals surface area contributed by atoms with Crippen LogP contribution >= 0.6 is 0 Å². The highest BCUT2D eigenvalue weighted by molar-refractivity contribution is 5.89. The predicted octanol–water partition coefficient (Wildman–Crippen LogP) is 0.192. The van der Waals surface area contributed by atoms with E-state index in [1.165, 1.54) is 11.9 Å². The summed E-state index contributed by atoms with van der Waals surface area (Å²) in [6.45, 7) is 0.0739. The molecule has 0 aliphatic carbocycles. The zero-order valence-electron chi connectivity index (χ0n) is 10.6. The smallest absolute Gasteiger partial charge is 0.366 e. The Bertz CT molecular complexity index is 477. The van der Waals surface area contributed by atoms with Crippen LogP contribution in [0.4, 0.5) is 13.2 Å². The van der Waals surface area contributed by atoms with Crippen molar-refractivity contribution in [3.63, 3.8) is 0 Å². The fourth-order valence-corrected chi connectivity index (χ4v) is 1.76. The van der Waals surface area contributed by atoms with Crippen LogP contribution in [-0.4, -0.2) is 60.0 Å². The Labute approximate surface area is 112 Å². The number of nitrogens with one attached hydrogen (secondary N) is 1. The van der Waals surface area contributed by atoms with Gasteiger partial charge in [0.2, 0.25) is 0 Å². The number of alkyl halides is 3. The molecule has 7 nitrogen and oxygen atoms in total. The molecule has 10 heteroatoms. The van der Waals surface area contributed by atoms with Gasteiger partial charge in [-0.25, -0.2) is 0 Å². The molecule has 1 fully saturated rings. The van der Waals surface area contributed by atoms with Crippen LogP contribution in [0.5, 0.6) is 0 Å². The van der Waals surface area contributed by atoms with E-state index in [1.807, 2.05) is 0 Å². The Balaban J connectivity index is 1.96. The van der Waals surface area contributed by atoms with Crippen molar-refractivity contribution < 1.29 is 27.2 Å². The predicted molar refractivity (Wildman–Crippen MR) is 58.8 cm³/mol. The third-order valence-electron chi connectivity index (χ3n) is 2.77. The first-order valence-electron chi connectivity index (χ1n) is 5.85. The van der Waals surface area contributed by atoms with Crippen LogP contribution in [0.2, 0.25) is 0 Å². The second-order valence-corrected chi connectivity index (χ2v) is 4.23. The van der Waals surface area contributed by atoms with Crippen molar-refractivity contribution in [3.8, 4) is 0 Å². The van der Waals surface area contributed by atoms with Crippen LogP contribution in [0, 0.1) is 0 Å². The van der Waals surface area contributed by atoms with Gasteiger partial charge in [0.05, 0.1) is 13.2 Å². The second-order valence-electron chi connectivity index (χ2n) is 4.23. The molecular weight excluding hydrogens is 281 g/mol. The summed E-state index contributed by atoms with van der Waals surface area (Å²) < 4.78 is 47.0. The minimum absolute atomic E-state index is 0.0235. The maximum atomic E-state index is 12.6. The zero-order valence-corrected chi connectivity index (χ0v) is 10.6. The summed E-state index contributed by atoms with van der Waals surface area (Å²) in [5, 5.41) is 5.86. The van der Waals surface area contributed by atoms with Crippen molar-refractivity contribution in [3.05, 3.63) is 11.7 Å². The SMILES string of the molecule is CNC(=O)c1nc(CN2CCO[C@H](C(F)(F)F)C2)no1. The quantitative estimate of drug-likeness (QED) is 0.857. The van der Waals surface area contributed by atoms with Crippen LogP contribution in [-0.2, 0) is 11.3 Å². The maximum absolute atomic E-state index is 12.6. The third-order valence-corrected chi connectivity index (χ3v) is 2.77. The Morgan fingerprint density at radius 1 is 1.55 bits per heavy atom. The number of hydrogen-bond donors (Lipinski definition) is 1. The normalized spacial score (nSPS) is 20.9. The van der Waals surface area contributed by atoms with Gasteiger partial charge in [0, 0.05) is 20.1 Å². The highest BCUT2D eigenvalue weighted by Crippen LogP contribution is 2.26. The number of morpholine rings is 1. The summed E-state index contributed by atoms with van der Waals surface area (Å²) >= 11 is 0. The number of carbonyl (C=O) groups is 1. The number of aromatic nitrogens is 2. The first kappa shape index (κ1) is 14.7. The molecular formula is C10H13F3N4O3. The summed E-state index contributed by atoms with van der Waals surface area (Å²) in [5.41, 5.74) is 0. The summed E-state index contributed by atoms with van der Waals surface area (Å²) in [7, 11) is 1.40. The molecule has 1 N–H and O–H groups in total. The molecule has 2 heterocycles. The van der Waals surface area contributed by atoms with E-state index in [1.54, 1.807) is 0 Å².